The lowest BCUT2D eigenvalue weighted by atomic mass is 10.1. The Morgan fingerprint density at radius 2 is 1.79 bits per heavy atom. The molecule has 0 unspecified atom stereocenters. The van der Waals surface area contributed by atoms with E-state index in [-0.39, 0.29) is 18.4 Å². The Hall–Kier alpha value is -2.50. The summed E-state index contributed by atoms with van der Waals surface area (Å²) in [7, 11) is 0. The molecular weight excluding hydrogens is 353 g/mol. The summed E-state index contributed by atoms with van der Waals surface area (Å²) in [6.07, 6.45) is 1.54. The molecule has 2 aromatic carbocycles. The molecule has 0 aliphatic carbocycles. The number of halogens is 2. The number of rotatable bonds is 2. The van der Waals surface area contributed by atoms with Crippen LogP contribution < -0.4 is 9.47 Å². The van der Waals surface area contributed by atoms with E-state index in [0.717, 1.165) is 0 Å². The van der Waals surface area contributed by atoms with Crippen molar-refractivity contribution < 1.29 is 19.0 Å². The zero-order valence-corrected chi connectivity index (χ0v) is 13.6. The van der Waals surface area contributed by atoms with Crippen molar-refractivity contribution in [3.8, 4) is 11.5 Å². The number of esters is 1. The van der Waals surface area contributed by atoms with Crippen LogP contribution in [-0.2, 0) is 9.53 Å². The van der Waals surface area contributed by atoms with Crippen molar-refractivity contribution in [3.05, 3.63) is 63.3 Å². The highest BCUT2D eigenvalue weighted by Gasteiger charge is 2.26. The third-order valence-corrected chi connectivity index (χ3v) is 4.17. The summed E-state index contributed by atoms with van der Waals surface area (Å²) in [6.45, 7) is 0.141. The van der Waals surface area contributed by atoms with E-state index in [9.17, 15) is 4.79 Å². The minimum Gasteiger partial charge on any atom is -0.454 e. The molecule has 7 heteroatoms. The summed E-state index contributed by atoms with van der Waals surface area (Å²) in [5, 5.41) is 0.868. The van der Waals surface area contributed by atoms with Gasteiger partial charge in [-0.3, -0.25) is 0 Å². The van der Waals surface area contributed by atoms with E-state index in [2.05, 4.69) is 4.99 Å². The van der Waals surface area contributed by atoms with Crippen LogP contribution >= 0.6 is 23.2 Å². The van der Waals surface area contributed by atoms with Gasteiger partial charge in [0.25, 0.3) is 0 Å². The first-order valence-electron chi connectivity index (χ1n) is 6.98. The molecule has 0 amide bonds. The average Bonchev–Trinajstić information content (AvgIpc) is 3.15. The Morgan fingerprint density at radius 3 is 2.58 bits per heavy atom. The van der Waals surface area contributed by atoms with Crippen molar-refractivity contribution >= 4 is 41.1 Å². The number of carbonyl (C=O) groups is 1. The second-order valence-electron chi connectivity index (χ2n) is 5.04. The van der Waals surface area contributed by atoms with Gasteiger partial charge in [0, 0.05) is 6.07 Å². The number of benzene rings is 2. The van der Waals surface area contributed by atoms with E-state index in [0.29, 0.717) is 32.7 Å². The van der Waals surface area contributed by atoms with E-state index in [1.807, 2.05) is 0 Å². The van der Waals surface area contributed by atoms with Gasteiger partial charge in [0.2, 0.25) is 12.7 Å². The van der Waals surface area contributed by atoms with E-state index in [1.54, 1.807) is 36.4 Å². The summed E-state index contributed by atoms with van der Waals surface area (Å²) < 4.78 is 15.8. The van der Waals surface area contributed by atoms with Crippen LogP contribution in [0.25, 0.3) is 6.08 Å². The van der Waals surface area contributed by atoms with Gasteiger partial charge in [-0.1, -0.05) is 35.3 Å². The van der Waals surface area contributed by atoms with E-state index >= 15 is 0 Å². The third-order valence-electron chi connectivity index (χ3n) is 3.51. The van der Waals surface area contributed by atoms with Crippen molar-refractivity contribution in [1.29, 1.82) is 0 Å². The zero-order chi connectivity index (χ0) is 16.7. The first-order chi connectivity index (χ1) is 11.6. The molecule has 0 aromatic heterocycles. The summed E-state index contributed by atoms with van der Waals surface area (Å²) in [5.74, 6) is 0.719. The lowest BCUT2D eigenvalue weighted by Crippen LogP contribution is -2.05. The molecule has 0 saturated carbocycles. The zero-order valence-electron chi connectivity index (χ0n) is 12.1. The smallest absolute Gasteiger partial charge is 0.363 e. The van der Waals surface area contributed by atoms with E-state index in [4.69, 9.17) is 37.4 Å². The second kappa shape index (κ2) is 5.85. The van der Waals surface area contributed by atoms with E-state index < -0.39 is 5.97 Å². The fraction of sp³-hybridized carbons (Fsp3) is 0.0588. The topological polar surface area (TPSA) is 57.1 Å². The van der Waals surface area contributed by atoms with Crippen LogP contribution in [0.4, 0.5) is 0 Å². The van der Waals surface area contributed by atoms with Crippen molar-refractivity contribution in [3.63, 3.8) is 0 Å². The third kappa shape index (κ3) is 2.62. The highest BCUT2D eigenvalue weighted by atomic mass is 35.5. The van der Waals surface area contributed by atoms with Gasteiger partial charge in [-0.25, -0.2) is 9.79 Å². The summed E-state index contributed by atoms with van der Waals surface area (Å²) in [6, 6.07) is 10.3. The van der Waals surface area contributed by atoms with Crippen molar-refractivity contribution in [2.75, 3.05) is 6.79 Å². The molecule has 2 aliphatic rings. The maximum Gasteiger partial charge on any atom is 0.363 e. The van der Waals surface area contributed by atoms with Crippen molar-refractivity contribution in [1.82, 2.24) is 0 Å². The average molecular weight is 362 g/mol. The van der Waals surface area contributed by atoms with Crippen LogP contribution in [0, 0.1) is 0 Å². The first kappa shape index (κ1) is 15.1. The number of nitrogens with zero attached hydrogens (tertiary/aromatic N) is 1. The highest BCUT2D eigenvalue weighted by Crippen LogP contribution is 2.38. The van der Waals surface area contributed by atoms with Gasteiger partial charge in [0.05, 0.1) is 15.6 Å². The lowest BCUT2D eigenvalue weighted by Gasteiger charge is -2.01. The van der Waals surface area contributed by atoms with Crippen LogP contribution in [0.3, 0.4) is 0 Å². The molecule has 4 rings (SSSR count). The van der Waals surface area contributed by atoms with Crippen LogP contribution in [0.1, 0.15) is 11.1 Å². The number of ether oxygens (including phenoxy) is 3. The molecule has 0 saturated heterocycles. The minimum atomic E-state index is -0.571. The predicted octanol–water partition coefficient (Wildman–Crippen LogP) is 4.07. The number of hydrogen-bond acceptors (Lipinski definition) is 5. The van der Waals surface area contributed by atoms with Gasteiger partial charge in [-0.15, -0.1) is 0 Å². The predicted molar refractivity (Wildman–Crippen MR) is 89.6 cm³/mol. The van der Waals surface area contributed by atoms with Gasteiger partial charge in [0.1, 0.15) is 0 Å². The number of fused-ring (bicyclic) bond motifs is 1. The van der Waals surface area contributed by atoms with Crippen molar-refractivity contribution in [2.45, 2.75) is 0 Å². The number of cyclic esters (lactones) is 1. The summed E-state index contributed by atoms with van der Waals surface area (Å²) >= 11 is 12.3. The standard InChI is InChI=1S/C17H9Cl2NO4/c18-11-4-2-1-3-10(11)16-20-13(17(21)24-16)5-9-6-14-15(7-12(9)19)23-8-22-14/h1-7H,8H2. The van der Waals surface area contributed by atoms with Gasteiger partial charge in [0.15, 0.2) is 17.2 Å². The molecule has 2 aromatic rings. The Morgan fingerprint density at radius 1 is 1.04 bits per heavy atom. The maximum absolute atomic E-state index is 12.1. The van der Waals surface area contributed by atoms with E-state index in [1.165, 1.54) is 6.08 Å². The quantitative estimate of drug-likeness (QED) is 0.597. The monoisotopic (exact) mass is 361 g/mol. The highest BCUT2D eigenvalue weighted by molar-refractivity contribution is 6.34. The molecule has 0 spiro atoms. The lowest BCUT2D eigenvalue weighted by molar-refractivity contribution is -0.129. The Kier molecular flexibility index (Phi) is 3.67. The largest absolute Gasteiger partial charge is 0.454 e. The SMILES string of the molecule is O=C1OC(c2ccccc2Cl)=NC1=Cc1cc2c(cc1Cl)OCO2. The summed E-state index contributed by atoms with van der Waals surface area (Å²) in [4.78, 5) is 16.3. The number of carbonyl (C=O) groups excluding carboxylic acids is 1. The van der Waals surface area contributed by atoms with Gasteiger partial charge >= 0.3 is 5.97 Å². The molecule has 120 valence electrons. The molecule has 24 heavy (non-hydrogen) atoms. The molecule has 0 fully saturated rings. The first-order valence-corrected chi connectivity index (χ1v) is 7.74. The van der Waals surface area contributed by atoms with Crippen LogP contribution in [-0.4, -0.2) is 18.7 Å². The molecule has 0 radical (unpaired) electrons. The Labute approximate surface area is 147 Å². The van der Waals surface area contributed by atoms with Crippen LogP contribution in [0.5, 0.6) is 11.5 Å². The summed E-state index contributed by atoms with van der Waals surface area (Å²) in [5.41, 5.74) is 1.26. The molecule has 2 aliphatic heterocycles. The normalized spacial score (nSPS) is 17.2. The molecule has 2 heterocycles. The molecule has 5 nitrogen and oxygen atoms in total. The molecule has 0 bridgehead atoms. The Bertz CT molecular complexity index is 921. The fourth-order valence-electron chi connectivity index (χ4n) is 2.35. The maximum atomic E-state index is 12.1. The second-order valence-corrected chi connectivity index (χ2v) is 5.86. The minimum absolute atomic E-state index is 0.130. The molecular formula is C17H9Cl2NO4. The number of aliphatic imine (C=N–C) groups is 1. The van der Waals surface area contributed by atoms with Crippen LogP contribution in [0.2, 0.25) is 10.0 Å². The van der Waals surface area contributed by atoms with Crippen LogP contribution in [0.15, 0.2) is 47.1 Å². The van der Waals surface area contributed by atoms with Crippen molar-refractivity contribution in [2.24, 2.45) is 4.99 Å². The Balaban J connectivity index is 1.73. The molecule has 0 atom stereocenters. The van der Waals surface area contributed by atoms with Gasteiger partial charge < -0.3 is 14.2 Å². The van der Waals surface area contributed by atoms with Gasteiger partial charge in [-0.05, 0) is 29.8 Å². The fourth-order valence-corrected chi connectivity index (χ4v) is 2.77. The van der Waals surface area contributed by atoms with Gasteiger partial charge in [-0.2, -0.15) is 0 Å². The molecule has 0 N–H and O–H groups in total. The number of hydrogen-bond donors (Lipinski definition) is 0.